The van der Waals surface area contributed by atoms with Crippen molar-refractivity contribution in [3.05, 3.63) is 0 Å². The van der Waals surface area contributed by atoms with Crippen molar-refractivity contribution < 1.29 is 0 Å². The highest BCUT2D eigenvalue weighted by Gasteiger charge is 2.31. The quantitative estimate of drug-likeness (QED) is 0.846. The van der Waals surface area contributed by atoms with Gasteiger partial charge in [-0.05, 0) is 82.0 Å². The number of hydrogen-bond donors (Lipinski definition) is 1. The van der Waals surface area contributed by atoms with Crippen LogP contribution in [0.5, 0.6) is 0 Å². The number of piperidine rings is 2. The van der Waals surface area contributed by atoms with Gasteiger partial charge >= 0.3 is 0 Å². The lowest BCUT2D eigenvalue weighted by molar-refractivity contribution is 0.0800. The van der Waals surface area contributed by atoms with Crippen LogP contribution in [0.15, 0.2) is 0 Å². The van der Waals surface area contributed by atoms with Crippen molar-refractivity contribution in [1.29, 1.82) is 0 Å². The van der Waals surface area contributed by atoms with E-state index in [1.807, 2.05) is 0 Å². The molecule has 2 saturated heterocycles. The molecule has 116 valence electrons. The summed E-state index contributed by atoms with van der Waals surface area (Å²) in [6.45, 7) is 9.17. The van der Waals surface area contributed by atoms with Gasteiger partial charge in [0.05, 0.1) is 0 Å². The van der Waals surface area contributed by atoms with E-state index < -0.39 is 0 Å². The van der Waals surface area contributed by atoms with Gasteiger partial charge in [-0.2, -0.15) is 0 Å². The van der Waals surface area contributed by atoms with Crippen LogP contribution >= 0.6 is 0 Å². The number of hydrogen-bond acceptors (Lipinski definition) is 2. The lowest BCUT2D eigenvalue weighted by atomic mass is 9.75. The van der Waals surface area contributed by atoms with E-state index in [9.17, 15) is 0 Å². The van der Waals surface area contributed by atoms with Crippen LogP contribution in [-0.4, -0.2) is 37.6 Å². The normalized spacial score (nSPS) is 37.4. The summed E-state index contributed by atoms with van der Waals surface area (Å²) >= 11 is 0. The number of likely N-dealkylation sites (tertiary alicyclic amines) is 1. The van der Waals surface area contributed by atoms with Crippen molar-refractivity contribution in [2.24, 2.45) is 23.7 Å². The van der Waals surface area contributed by atoms with Crippen molar-refractivity contribution in [3.8, 4) is 0 Å². The molecule has 2 heterocycles. The molecule has 0 aromatic heterocycles. The van der Waals surface area contributed by atoms with E-state index in [1.165, 1.54) is 84.1 Å². The highest BCUT2D eigenvalue weighted by Crippen LogP contribution is 2.36. The molecule has 0 amide bonds. The van der Waals surface area contributed by atoms with Crippen LogP contribution in [0.4, 0.5) is 0 Å². The van der Waals surface area contributed by atoms with E-state index in [1.54, 1.807) is 0 Å². The Hall–Kier alpha value is -0.0800. The van der Waals surface area contributed by atoms with Crippen LogP contribution in [0.3, 0.4) is 0 Å². The maximum absolute atomic E-state index is 3.58. The molecule has 1 N–H and O–H groups in total. The van der Waals surface area contributed by atoms with Gasteiger partial charge in [0.25, 0.3) is 0 Å². The minimum atomic E-state index is 0.909. The fraction of sp³-hybridized carbons (Fsp3) is 1.00. The Labute approximate surface area is 125 Å². The van der Waals surface area contributed by atoms with Crippen molar-refractivity contribution >= 4 is 0 Å². The number of nitrogens with zero attached hydrogens (tertiary/aromatic N) is 1. The Morgan fingerprint density at radius 3 is 2.70 bits per heavy atom. The fourth-order valence-corrected chi connectivity index (χ4v) is 4.87. The van der Waals surface area contributed by atoms with Crippen LogP contribution in [0.25, 0.3) is 0 Å². The molecule has 0 spiro atoms. The van der Waals surface area contributed by atoms with Crippen LogP contribution in [0.2, 0.25) is 0 Å². The summed E-state index contributed by atoms with van der Waals surface area (Å²) in [5.41, 5.74) is 0. The topological polar surface area (TPSA) is 15.3 Å². The molecule has 3 fully saturated rings. The van der Waals surface area contributed by atoms with Crippen molar-refractivity contribution in [1.82, 2.24) is 10.2 Å². The van der Waals surface area contributed by atoms with Gasteiger partial charge in [0.2, 0.25) is 0 Å². The molecule has 2 heteroatoms. The maximum Gasteiger partial charge on any atom is 0.00123 e. The average molecular weight is 278 g/mol. The molecule has 0 bridgehead atoms. The van der Waals surface area contributed by atoms with Crippen LogP contribution in [-0.2, 0) is 0 Å². The van der Waals surface area contributed by atoms with Crippen molar-refractivity contribution in [2.45, 2.75) is 58.3 Å². The van der Waals surface area contributed by atoms with Crippen molar-refractivity contribution in [2.75, 3.05) is 32.7 Å². The SMILES string of the molecule is CC(CCN1CCC2CCCCC2C1)C1CCCNC1. The standard InChI is InChI=1S/C18H34N2/c1-15(17-7-4-10-19-13-17)8-11-20-12-9-16-5-2-3-6-18(16)14-20/h15-19H,2-14H2,1H3. The summed E-state index contributed by atoms with van der Waals surface area (Å²) in [7, 11) is 0. The van der Waals surface area contributed by atoms with Gasteiger partial charge < -0.3 is 10.2 Å². The van der Waals surface area contributed by atoms with Crippen molar-refractivity contribution in [3.63, 3.8) is 0 Å². The summed E-state index contributed by atoms with van der Waals surface area (Å²) in [6, 6.07) is 0. The highest BCUT2D eigenvalue weighted by molar-refractivity contribution is 4.84. The van der Waals surface area contributed by atoms with Gasteiger partial charge in [0.15, 0.2) is 0 Å². The summed E-state index contributed by atoms with van der Waals surface area (Å²) in [5, 5.41) is 3.58. The first-order valence-electron chi connectivity index (χ1n) is 9.26. The van der Waals surface area contributed by atoms with Crippen LogP contribution in [0.1, 0.15) is 58.3 Å². The third-order valence-electron chi connectivity index (χ3n) is 6.42. The van der Waals surface area contributed by atoms with Gasteiger partial charge in [-0.25, -0.2) is 0 Å². The summed E-state index contributed by atoms with van der Waals surface area (Å²) in [5.74, 6) is 3.98. The first-order valence-corrected chi connectivity index (χ1v) is 9.26. The first kappa shape index (κ1) is 14.8. The molecular weight excluding hydrogens is 244 g/mol. The maximum atomic E-state index is 3.58. The molecule has 4 atom stereocenters. The molecule has 2 aliphatic heterocycles. The number of rotatable bonds is 4. The Balaban J connectivity index is 1.39. The van der Waals surface area contributed by atoms with E-state index in [0.717, 1.165) is 23.7 Å². The molecule has 1 aliphatic carbocycles. The summed E-state index contributed by atoms with van der Waals surface area (Å²) < 4.78 is 0. The molecule has 3 rings (SSSR count). The second kappa shape index (κ2) is 7.26. The molecule has 3 aliphatic rings. The van der Waals surface area contributed by atoms with Gasteiger partial charge in [0.1, 0.15) is 0 Å². The second-order valence-corrected chi connectivity index (χ2v) is 7.77. The lowest BCUT2D eigenvalue weighted by Gasteiger charge is -2.42. The van der Waals surface area contributed by atoms with E-state index in [4.69, 9.17) is 0 Å². The van der Waals surface area contributed by atoms with Gasteiger partial charge in [-0.15, -0.1) is 0 Å². The summed E-state index contributed by atoms with van der Waals surface area (Å²) in [4.78, 5) is 2.79. The van der Waals surface area contributed by atoms with Crippen LogP contribution < -0.4 is 5.32 Å². The minimum Gasteiger partial charge on any atom is -0.316 e. The zero-order valence-corrected chi connectivity index (χ0v) is 13.4. The first-order chi connectivity index (χ1) is 9.83. The van der Waals surface area contributed by atoms with Gasteiger partial charge in [0, 0.05) is 6.54 Å². The Morgan fingerprint density at radius 2 is 1.90 bits per heavy atom. The second-order valence-electron chi connectivity index (χ2n) is 7.77. The predicted octanol–water partition coefficient (Wildman–Crippen LogP) is 3.52. The van der Waals surface area contributed by atoms with E-state index in [0.29, 0.717) is 0 Å². The molecule has 20 heavy (non-hydrogen) atoms. The largest absolute Gasteiger partial charge is 0.316 e. The average Bonchev–Trinajstić information content (AvgIpc) is 2.53. The van der Waals surface area contributed by atoms with Gasteiger partial charge in [-0.1, -0.05) is 26.2 Å². The Kier molecular flexibility index (Phi) is 5.39. The molecule has 4 unspecified atom stereocenters. The molecular formula is C18H34N2. The zero-order chi connectivity index (χ0) is 13.8. The van der Waals surface area contributed by atoms with E-state index in [-0.39, 0.29) is 0 Å². The summed E-state index contributed by atoms with van der Waals surface area (Å²) in [6.07, 6.45) is 11.8. The van der Waals surface area contributed by atoms with E-state index >= 15 is 0 Å². The third kappa shape index (κ3) is 3.76. The highest BCUT2D eigenvalue weighted by atomic mass is 15.1. The molecule has 0 radical (unpaired) electrons. The minimum absolute atomic E-state index is 0.909. The van der Waals surface area contributed by atoms with Gasteiger partial charge in [-0.3, -0.25) is 0 Å². The number of fused-ring (bicyclic) bond motifs is 1. The monoisotopic (exact) mass is 278 g/mol. The molecule has 0 aromatic carbocycles. The number of nitrogens with one attached hydrogen (secondary N) is 1. The Bertz CT molecular complexity index is 285. The fourth-order valence-electron chi connectivity index (χ4n) is 4.87. The molecule has 0 aromatic rings. The molecule has 1 saturated carbocycles. The third-order valence-corrected chi connectivity index (χ3v) is 6.42. The van der Waals surface area contributed by atoms with Crippen LogP contribution in [0, 0.1) is 23.7 Å². The molecule has 2 nitrogen and oxygen atoms in total. The smallest absolute Gasteiger partial charge is 0.00123 e. The predicted molar refractivity (Wildman–Crippen MR) is 85.9 cm³/mol. The van der Waals surface area contributed by atoms with E-state index in [2.05, 4.69) is 17.1 Å². The zero-order valence-electron chi connectivity index (χ0n) is 13.4. The Morgan fingerprint density at radius 1 is 1.05 bits per heavy atom. The lowest BCUT2D eigenvalue weighted by Crippen LogP contribution is -2.43.